The molecular formula is C14H13F3O. The molecule has 0 heterocycles. The van der Waals surface area contributed by atoms with E-state index >= 15 is 0 Å². The van der Waals surface area contributed by atoms with Crippen molar-refractivity contribution < 1.29 is 18.0 Å². The number of alkyl halides is 3. The number of halogens is 3. The van der Waals surface area contributed by atoms with E-state index in [0.717, 1.165) is 17.9 Å². The molecule has 1 atom stereocenters. The molecule has 0 aliphatic heterocycles. The molecule has 1 aliphatic carbocycles. The highest BCUT2D eigenvalue weighted by molar-refractivity contribution is 5.69. The molecule has 0 amide bonds. The molecule has 1 aromatic carbocycles. The number of hydrogen-bond donors (Lipinski definition) is 0. The molecule has 18 heavy (non-hydrogen) atoms. The van der Waals surface area contributed by atoms with Crippen molar-refractivity contribution in [3.63, 3.8) is 0 Å². The lowest BCUT2D eigenvalue weighted by atomic mass is 9.87. The molecule has 0 saturated heterocycles. The van der Waals surface area contributed by atoms with E-state index in [2.05, 4.69) is 0 Å². The van der Waals surface area contributed by atoms with Gasteiger partial charge in [-0.3, -0.25) is 0 Å². The van der Waals surface area contributed by atoms with E-state index in [4.69, 9.17) is 0 Å². The van der Waals surface area contributed by atoms with Crippen molar-refractivity contribution in [2.24, 2.45) is 5.92 Å². The summed E-state index contributed by atoms with van der Waals surface area (Å²) < 4.78 is 37.8. The summed E-state index contributed by atoms with van der Waals surface area (Å²) in [4.78, 5) is 10.6. The van der Waals surface area contributed by atoms with Gasteiger partial charge in [-0.25, -0.2) is 0 Å². The molecule has 0 fully saturated rings. The van der Waals surface area contributed by atoms with Crippen molar-refractivity contribution >= 4 is 11.9 Å². The van der Waals surface area contributed by atoms with Crippen molar-refractivity contribution in [2.75, 3.05) is 0 Å². The fraction of sp³-hybridized carbons (Fsp3) is 0.357. The Morgan fingerprint density at radius 3 is 2.61 bits per heavy atom. The zero-order valence-corrected chi connectivity index (χ0v) is 9.70. The van der Waals surface area contributed by atoms with E-state index in [9.17, 15) is 18.0 Å². The quantitative estimate of drug-likeness (QED) is 0.726. The second-order valence-electron chi connectivity index (χ2n) is 4.48. The average Bonchev–Trinajstić information content (AvgIpc) is 2.38. The monoisotopic (exact) mass is 254 g/mol. The molecule has 96 valence electrons. The molecule has 1 aromatic rings. The van der Waals surface area contributed by atoms with E-state index in [0.29, 0.717) is 24.8 Å². The average molecular weight is 254 g/mol. The highest BCUT2D eigenvalue weighted by atomic mass is 19.4. The summed E-state index contributed by atoms with van der Waals surface area (Å²) in [7, 11) is 0. The van der Waals surface area contributed by atoms with E-state index in [1.165, 1.54) is 12.1 Å². The molecule has 0 radical (unpaired) electrons. The Balaban J connectivity index is 2.25. The lowest BCUT2D eigenvalue weighted by Crippen LogP contribution is -2.08. The van der Waals surface area contributed by atoms with E-state index in [1.807, 2.05) is 6.08 Å². The van der Waals surface area contributed by atoms with Gasteiger partial charge in [0.1, 0.15) is 6.29 Å². The summed E-state index contributed by atoms with van der Waals surface area (Å²) in [5.74, 6) is 0.0135. The topological polar surface area (TPSA) is 17.1 Å². The molecule has 0 saturated carbocycles. The summed E-state index contributed by atoms with van der Waals surface area (Å²) in [5, 5.41) is 0. The van der Waals surface area contributed by atoms with Crippen LogP contribution in [-0.4, -0.2) is 6.29 Å². The van der Waals surface area contributed by atoms with Crippen LogP contribution in [0.25, 0.3) is 5.57 Å². The second-order valence-corrected chi connectivity index (χ2v) is 4.48. The number of hydrogen-bond acceptors (Lipinski definition) is 1. The van der Waals surface area contributed by atoms with E-state index < -0.39 is 11.7 Å². The summed E-state index contributed by atoms with van der Waals surface area (Å²) in [6.07, 6.45) is 0.472. The standard InChI is InChI=1S/C14H13F3O/c15-14(16,17)13-3-1-2-12(8-13)11-6-4-10(9-18)5-7-11/h1-3,6,8-10H,4-5,7H2. The van der Waals surface area contributed by atoms with E-state index in [-0.39, 0.29) is 5.92 Å². The zero-order chi connectivity index (χ0) is 13.2. The number of rotatable bonds is 2. The molecule has 0 spiro atoms. The van der Waals surface area contributed by atoms with Gasteiger partial charge in [-0.2, -0.15) is 13.2 Å². The summed E-state index contributed by atoms with van der Waals surface area (Å²) in [6, 6.07) is 5.35. The highest BCUT2D eigenvalue weighted by Gasteiger charge is 2.30. The Labute approximate surface area is 103 Å². The molecule has 0 bridgehead atoms. The van der Waals surface area contributed by atoms with Crippen LogP contribution in [0.1, 0.15) is 30.4 Å². The SMILES string of the molecule is O=CC1CC=C(c2cccc(C(F)(F)F)c2)CC1. The summed E-state index contributed by atoms with van der Waals surface area (Å²) >= 11 is 0. The Morgan fingerprint density at radius 1 is 1.28 bits per heavy atom. The van der Waals surface area contributed by atoms with Crippen LogP contribution in [0.4, 0.5) is 13.2 Å². The van der Waals surface area contributed by atoms with Gasteiger partial charge in [-0.05, 0) is 42.5 Å². The number of aldehydes is 1. The summed E-state index contributed by atoms with van der Waals surface area (Å²) in [5.41, 5.74) is 0.881. The fourth-order valence-corrected chi connectivity index (χ4v) is 2.14. The molecule has 4 heteroatoms. The van der Waals surface area contributed by atoms with E-state index in [1.54, 1.807) is 6.07 Å². The highest BCUT2D eigenvalue weighted by Crippen LogP contribution is 2.34. The first kappa shape index (κ1) is 12.9. The van der Waals surface area contributed by atoms with Gasteiger partial charge >= 0.3 is 6.18 Å². The number of carbonyl (C=O) groups excluding carboxylic acids is 1. The van der Waals surface area contributed by atoms with Crippen molar-refractivity contribution in [1.82, 2.24) is 0 Å². The van der Waals surface area contributed by atoms with Crippen LogP contribution in [0.5, 0.6) is 0 Å². The number of allylic oxidation sites excluding steroid dienone is 2. The van der Waals surface area contributed by atoms with Crippen LogP contribution in [0.3, 0.4) is 0 Å². The second kappa shape index (κ2) is 4.96. The van der Waals surface area contributed by atoms with Crippen LogP contribution in [0, 0.1) is 5.92 Å². The first-order valence-electron chi connectivity index (χ1n) is 5.82. The van der Waals surface area contributed by atoms with Crippen molar-refractivity contribution in [3.05, 3.63) is 41.5 Å². The Morgan fingerprint density at radius 2 is 2.06 bits per heavy atom. The van der Waals surface area contributed by atoms with Gasteiger partial charge in [0, 0.05) is 5.92 Å². The maximum atomic E-state index is 12.6. The Hall–Kier alpha value is -1.58. The van der Waals surface area contributed by atoms with Crippen LogP contribution < -0.4 is 0 Å². The van der Waals surface area contributed by atoms with Crippen LogP contribution in [0.15, 0.2) is 30.3 Å². The van der Waals surface area contributed by atoms with Gasteiger partial charge in [-0.15, -0.1) is 0 Å². The molecule has 1 nitrogen and oxygen atoms in total. The minimum Gasteiger partial charge on any atom is -0.303 e. The van der Waals surface area contributed by atoms with Gasteiger partial charge < -0.3 is 4.79 Å². The molecular weight excluding hydrogens is 241 g/mol. The molecule has 1 aliphatic rings. The largest absolute Gasteiger partial charge is 0.416 e. The van der Waals surface area contributed by atoms with Crippen LogP contribution >= 0.6 is 0 Å². The third-order valence-electron chi connectivity index (χ3n) is 3.20. The minimum absolute atomic E-state index is 0.0135. The molecule has 2 rings (SSSR count). The Kier molecular flexibility index (Phi) is 3.55. The maximum Gasteiger partial charge on any atom is 0.416 e. The van der Waals surface area contributed by atoms with Crippen molar-refractivity contribution in [2.45, 2.75) is 25.4 Å². The predicted molar refractivity (Wildman–Crippen MR) is 62.8 cm³/mol. The fourth-order valence-electron chi connectivity index (χ4n) is 2.14. The van der Waals surface area contributed by atoms with Gasteiger partial charge in [-0.1, -0.05) is 18.2 Å². The lowest BCUT2D eigenvalue weighted by molar-refractivity contribution is -0.137. The third-order valence-corrected chi connectivity index (χ3v) is 3.20. The molecule has 1 unspecified atom stereocenters. The smallest absolute Gasteiger partial charge is 0.303 e. The molecule has 0 N–H and O–H groups in total. The summed E-state index contributed by atoms with van der Waals surface area (Å²) in [6.45, 7) is 0. The predicted octanol–water partition coefficient (Wildman–Crippen LogP) is 4.09. The van der Waals surface area contributed by atoms with Gasteiger partial charge in [0.05, 0.1) is 5.56 Å². The van der Waals surface area contributed by atoms with Crippen LogP contribution in [-0.2, 0) is 11.0 Å². The van der Waals surface area contributed by atoms with Crippen LogP contribution in [0.2, 0.25) is 0 Å². The van der Waals surface area contributed by atoms with Gasteiger partial charge in [0.2, 0.25) is 0 Å². The number of carbonyl (C=O) groups is 1. The maximum absolute atomic E-state index is 12.6. The Bertz CT molecular complexity index is 474. The molecule has 0 aromatic heterocycles. The third kappa shape index (κ3) is 2.81. The van der Waals surface area contributed by atoms with Crippen molar-refractivity contribution in [1.29, 1.82) is 0 Å². The number of benzene rings is 1. The van der Waals surface area contributed by atoms with Crippen molar-refractivity contribution in [3.8, 4) is 0 Å². The van der Waals surface area contributed by atoms with Gasteiger partial charge in [0.15, 0.2) is 0 Å². The first-order valence-corrected chi connectivity index (χ1v) is 5.82. The lowest BCUT2D eigenvalue weighted by Gasteiger charge is -2.18. The normalized spacial score (nSPS) is 20.4. The first-order chi connectivity index (χ1) is 8.50. The van der Waals surface area contributed by atoms with Gasteiger partial charge in [0.25, 0.3) is 0 Å². The minimum atomic E-state index is -4.31. The zero-order valence-electron chi connectivity index (χ0n) is 9.70.